The van der Waals surface area contributed by atoms with Crippen molar-refractivity contribution in [1.29, 1.82) is 0 Å². The molecular weight excluding hydrogens is 380 g/mol. The topological polar surface area (TPSA) is 60.7 Å². The number of amides is 1. The maximum absolute atomic E-state index is 13.3. The van der Waals surface area contributed by atoms with E-state index < -0.39 is 23.6 Å². The van der Waals surface area contributed by atoms with E-state index in [-0.39, 0.29) is 5.75 Å². The number of carbonyl (C=O) groups is 1. The van der Waals surface area contributed by atoms with Crippen LogP contribution in [0, 0.1) is 11.6 Å². The molecule has 0 aliphatic heterocycles. The minimum absolute atomic E-state index is 0.0475. The van der Waals surface area contributed by atoms with Crippen molar-refractivity contribution in [3.05, 3.63) is 66.2 Å². The van der Waals surface area contributed by atoms with Gasteiger partial charge in [-0.25, -0.2) is 8.78 Å². The summed E-state index contributed by atoms with van der Waals surface area (Å²) < 4.78 is 43.0. The van der Waals surface area contributed by atoms with Crippen LogP contribution in [0.5, 0.6) is 11.5 Å². The first-order valence-electron chi connectivity index (χ1n) is 8.88. The number of fused-ring (bicyclic) bond motifs is 3. The van der Waals surface area contributed by atoms with Gasteiger partial charge in [0.05, 0.1) is 12.8 Å². The van der Waals surface area contributed by atoms with Gasteiger partial charge in [0.2, 0.25) is 0 Å². The van der Waals surface area contributed by atoms with Gasteiger partial charge in [0.1, 0.15) is 22.7 Å². The second-order valence-corrected chi connectivity index (χ2v) is 6.47. The maximum Gasteiger partial charge on any atom is 0.265 e. The molecule has 148 valence electrons. The van der Waals surface area contributed by atoms with Crippen LogP contribution in [0.25, 0.3) is 21.9 Å². The summed E-state index contributed by atoms with van der Waals surface area (Å²) >= 11 is 0. The van der Waals surface area contributed by atoms with Crippen molar-refractivity contribution >= 4 is 33.5 Å². The summed E-state index contributed by atoms with van der Waals surface area (Å²) in [5.74, 6) is -2.02. The first-order chi connectivity index (χ1) is 14.0. The summed E-state index contributed by atoms with van der Waals surface area (Å²) in [5.41, 5.74) is 1.73. The predicted octanol–water partition coefficient (Wildman–Crippen LogP) is 5.28. The Morgan fingerprint density at radius 1 is 1.00 bits per heavy atom. The lowest BCUT2D eigenvalue weighted by molar-refractivity contribution is -0.122. The lowest BCUT2D eigenvalue weighted by Gasteiger charge is -2.16. The molecule has 0 saturated heterocycles. The highest BCUT2D eigenvalue weighted by Gasteiger charge is 2.19. The Labute approximate surface area is 164 Å². The summed E-state index contributed by atoms with van der Waals surface area (Å²) in [6, 6.07) is 14.1. The molecule has 3 aromatic carbocycles. The van der Waals surface area contributed by atoms with E-state index in [1.165, 1.54) is 20.1 Å². The first-order valence-corrected chi connectivity index (χ1v) is 8.88. The fraction of sp³-hybridized carbons (Fsp3) is 0.136. The minimum atomic E-state index is -1.05. The van der Waals surface area contributed by atoms with Gasteiger partial charge < -0.3 is 19.2 Å². The minimum Gasteiger partial charge on any atom is -0.495 e. The number of carbonyl (C=O) groups excluding carboxylic acids is 1. The van der Waals surface area contributed by atoms with Crippen LogP contribution in [-0.2, 0) is 4.79 Å². The van der Waals surface area contributed by atoms with E-state index in [4.69, 9.17) is 13.9 Å². The highest BCUT2D eigenvalue weighted by atomic mass is 19.2. The first kappa shape index (κ1) is 18.7. The van der Waals surface area contributed by atoms with Gasteiger partial charge in [-0.3, -0.25) is 4.79 Å². The smallest absolute Gasteiger partial charge is 0.265 e. The molecule has 0 fully saturated rings. The maximum atomic E-state index is 13.3. The molecule has 0 aliphatic carbocycles. The third kappa shape index (κ3) is 3.59. The van der Waals surface area contributed by atoms with Crippen molar-refractivity contribution in [2.24, 2.45) is 0 Å². The second kappa shape index (κ2) is 7.43. The van der Waals surface area contributed by atoms with Gasteiger partial charge >= 0.3 is 0 Å². The van der Waals surface area contributed by atoms with Crippen LogP contribution >= 0.6 is 0 Å². The Hall–Kier alpha value is -3.61. The average Bonchev–Trinajstić information content (AvgIpc) is 3.07. The Morgan fingerprint density at radius 3 is 2.55 bits per heavy atom. The average molecular weight is 397 g/mol. The summed E-state index contributed by atoms with van der Waals surface area (Å²) in [5, 5.41) is 4.53. The highest BCUT2D eigenvalue weighted by molar-refractivity contribution is 6.08. The van der Waals surface area contributed by atoms with E-state index in [0.717, 1.165) is 28.5 Å². The standard InChI is InChI=1S/C22H17F2NO4/c1-12(28-13-7-8-16(23)17(24)9-13)22(26)25-18-11-20-15(10-21(18)27-2)14-5-3-4-6-19(14)29-20/h3-12H,1-2H3,(H,25,26). The van der Waals surface area contributed by atoms with Gasteiger partial charge in [-0.05, 0) is 31.2 Å². The molecule has 4 rings (SSSR count). The third-order valence-corrected chi connectivity index (χ3v) is 4.53. The van der Waals surface area contributed by atoms with Crippen molar-refractivity contribution < 1.29 is 27.5 Å². The molecule has 1 heterocycles. The number of methoxy groups -OCH3 is 1. The van der Waals surface area contributed by atoms with Gasteiger partial charge in [-0.15, -0.1) is 0 Å². The number of hydrogen-bond acceptors (Lipinski definition) is 4. The fourth-order valence-corrected chi connectivity index (χ4v) is 3.06. The van der Waals surface area contributed by atoms with Crippen LogP contribution < -0.4 is 14.8 Å². The molecule has 5 nitrogen and oxygen atoms in total. The van der Waals surface area contributed by atoms with Crippen LogP contribution in [0.4, 0.5) is 14.5 Å². The number of ether oxygens (including phenoxy) is 2. The van der Waals surface area contributed by atoms with Gasteiger partial charge in [0.25, 0.3) is 5.91 Å². The van der Waals surface area contributed by atoms with Crippen molar-refractivity contribution in [3.63, 3.8) is 0 Å². The third-order valence-electron chi connectivity index (χ3n) is 4.53. The van der Waals surface area contributed by atoms with Gasteiger partial charge in [0, 0.05) is 22.9 Å². The number of rotatable bonds is 5. The highest BCUT2D eigenvalue weighted by Crippen LogP contribution is 2.36. The number of furan rings is 1. The molecule has 4 aromatic rings. The Balaban J connectivity index is 1.59. The number of halogens is 2. The molecule has 0 saturated carbocycles. The van der Waals surface area contributed by atoms with E-state index in [1.807, 2.05) is 24.3 Å². The molecule has 7 heteroatoms. The molecule has 1 aromatic heterocycles. The normalized spacial score (nSPS) is 12.1. The molecule has 1 unspecified atom stereocenters. The summed E-state index contributed by atoms with van der Waals surface area (Å²) in [6.45, 7) is 1.50. The zero-order valence-electron chi connectivity index (χ0n) is 15.7. The molecule has 0 aliphatic rings. The summed E-state index contributed by atoms with van der Waals surface area (Å²) in [7, 11) is 1.50. The van der Waals surface area contributed by atoms with Crippen LogP contribution in [0.15, 0.2) is 59.0 Å². The van der Waals surface area contributed by atoms with Crippen molar-refractivity contribution in [2.45, 2.75) is 13.0 Å². The number of nitrogens with one attached hydrogen (secondary N) is 1. The summed E-state index contributed by atoms with van der Waals surface area (Å²) in [4.78, 5) is 12.6. The summed E-state index contributed by atoms with van der Waals surface area (Å²) in [6.07, 6.45) is -0.962. The Morgan fingerprint density at radius 2 is 1.79 bits per heavy atom. The number of benzene rings is 3. The predicted molar refractivity (Wildman–Crippen MR) is 105 cm³/mol. The molecule has 29 heavy (non-hydrogen) atoms. The molecule has 0 radical (unpaired) electrons. The number of hydrogen-bond donors (Lipinski definition) is 1. The number of anilines is 1. The van der Waals surface area contributed by atoms with Crippen molar-refractivity contribution in [3.8, 4) is 11.5 Å². The molecule has 1 N–H and O–H groups in total. The fourth-order valence-electron chi connectivity index (χ4n) is 3.06. The van der Waals surface area contributed by atoms with E-state index in [0.29, 0.717) is 17.0 Å². The Kier molecular flexibility index (Phi) is 4.80. The largest absolute Gasteiger partial charge is 0.495 e. The van der Waals surface area contributed by atoms with Crippen molar-refractivity contribution in [2.75, 3.05) is 12.4 Å². The molecule has 1 amide bonds. The van der Waals surface area contributed by atoms with E-state index in [9.17, 15) is 13.6 Å². The van der Waals surface area contributed by atoms with Crippen LogP contribution in [-0.4, -0.2) is 19.1 Å². The van der Waals surface area contributed by atoms with Gasteiger partial charge in [-0.1, -0.05) is 18.2 Å². The quantitative estimate of drug-likeness (QED) is 0.498. The van der Waals surface area contributed by atoms with Gasteiger partial charge in [0.15, 0.2) is 17.7 Å². The molecule has 0 bridgehead atoms. The number of para-hydroxylation sites is 1. The van der Waals surface area contributed by atoms with E-state index in [1.54, 1.807) is 12.1 Å². The lowest BCUT2D eigenvalue weighted by atomic mass is 10.1. The Bertz CT molecular complexity index is 1220. The molecule has 1 atom stereocenters. The SMILES string of the molecule is COc1cc2c(cc1NC(=O)C(C)Oc1ccc(F)c(F)c1)oc1ccccc12. The van der Waals surface area contributed by atoms with E-state index in [2.05, 4.69) is 5.32 Å². The zero-order chi connectivity index (χ0) is 20.5. The van der Waals surface area contributed by atoms with Gasteiger partial charge in [-0.2, -0.15) is 0 Å². The zero-order valence-corrected chi connectivity index (χ0v) is 15.7. The van der Waals surface area contributed by atoms with Crippen LogP contribution in [0.2, 0.25) is 0 Å². The van der Waals surface area contributed by atoms with Crippen LogP contribution in [0.1, 0.15) is 6.92 Å². The second-order valence-electron chi connectivity index (χ2n) is 6.47. The van der Waals surface area contributed by atoms with Crippen molar-refractivity contribution in [1.82, 2.24) is 0 Å². The monoisotopic (exact) mass is 397 g/mol. The lowest BCUT2D eigenvalue weighted by Crippen LogP contribution is -2.30. The van der Waals surface area contributed by atoms with E-state index >= 15 is 0 Å². The molecular formula is C22H17F2NO4. The van der Waals surface area contributed by atoms with Crippen LogP contribution in [0.3, 0.4) is 0 Å². The molecule has 0 spiro atoms.